The van der Waals surface area contributed by atoms with E-state index in [1.54, 1.807) is 0 Å². The Morgan fingerprint density at radius 1 is 1.07 bits per heavy atom. The minimum Gasteiger partial charge on any atom is -0.461 e. The number of rotatable bonds is 4. The molecule has 0 N–H and O–H groups in total. The van der Waals surface area contributed by atoms with Gasteiger partial charge in [-0.3, -0.25) is 14.2 Å². The molecule has 4 nitrogen and oxygen atoms in total. The van der Waals surface area contributed by atoms with Crippen LogP contribution in [0.1, 0.15) is 41.9 Å². The second-order valence-corrected chi connectivity index (χ2v) is 7.80. The van der Waals surface area contributed by atoms with E-state index in [0.717, 1.165) is 27.7 Å². The Hall–Kier alpha value is -2.88. The standard InChI is InChI=1S/C24H25NO3/c1-16(2)23(26)25-21-11-7-6-10-19(21)20-14-18(12-13-22(20)25)24(27)28-15-17-8-4-3-5-9-17/h3-11,16,18H,12-15H2,1-2H3. The van der Waals surface area contributed by atoms with Gasteiger partial charge in [0.05, 0.1) is 11.4 Å². The van der Waals surface area contributed by atoms with Crippen molar-refractivity contribution >= 4 is 22.8 Å². The molecule has 1 aliphatic carbocycles. The molecule has 144 valence electrons. The van der Waals surface area contributed by atoms with E-state index in [-0.39, 0.29) is 23.7 Å². The van der Waals surface area contributed by atoms with Crippen LogP contribution in [0.5, 0.6) is 0 Å². The number of hydrogen-bond donors (Lipinski definition) is 0. The molecule has 1 unspecified atom stereocenters. The Morgan fingerprint density at radius 2 is 1.79 bits per heavy atom. The van der Waals surface area contributed by atoms with Crippen LogP contribution in [0, 0.1) is 11.8 Å². The predicted octanol–water partition coefficient (Wildman–Crippen LogP) is 4.79. The molecule has 0 saturated heterocycles. The first-order valence-electron chi connectivity index (χ1n) is 9.92. The molecule has 4 heteroatoms. The zero-order valence-corrected chi connectivity index (χ0v) is 16.4. The quantitative estimate of drug-likeness (QED) is 0.616. The predicted molar refractivity (Wildman–Crippen MR) is 109 cm³/mol. The second-order valence-electron chi connectivity index (χ2n) is 7.80. The number of ether oxygens (including phenoxy) is 1. The Labute approximate surface area is 165 Å². The average Bonchev–Trinajstić information content (AvgIpc) is 3.05. The minimum atomic E-state index is -0.162. The normalized spacial score (nSPS) is 16.2. The molecule has 3 aromatic rings. The summed E-state index contributed by atoms with van der Waals surface area (Å²) in [5, 5.41) is 1.08. The van der Waals surface area contributed by atoms with Gasteiger partial charge in [0.15, 0.2) is 0 Å². The molecule has 0 amide bonds. The van der Waals surface area contributed by atoms with Crippen molar-refractivity contribution in [3.8, 4) is 0 Å². The topological polar surface area (TPSA) is 48.3 Å². The smallest absolute Gasteiger partial charge is 0.309 e. The molecule has 1 heterocycles. The minimum absolute atomic E-state index is 0.0755. The average molecular weight is 375 g/mol. The van der Waals surface area contributed by atoms with Gasteiger partial charge < -0.3 is 4.74 Å². The van der Waals surface area contributed by atoms with Gasteiger partial charge in [0.1, 0.15) is 6.61 Å². The number of fused-ring (bicyclic) bond motifs is 3. The van der Waals surface area contributed by atoms with E-state index >= 15 is 0 Å². The fourth-order valence-electron chi connectivity index (χ4n) is 4.07. The van der Waals surface area contributed by atoms with Crippen LogP contribution in [-0.4, -0.2) is 16.4 Å². The van der Waals surface area contributed by atoms with Crippen molar-refractivity contribution < 1.29 is 14.3 Å². The van der Waals surface area contributed by atoms with Crippen molar-refractivity contribution in [2.24, 2.45) is 11.8 Å². The van der Waals surface area contributed by atoms with Crippen molar-refractivity contribution in [2.45, 2.75) is 39.7 Å². The molecule has 0 fully saturated rings. The van der Waals surface area contributed by atoms with Crippen LogP contribution in [-0.2, 0) is 29.0 Å². The first-order chi connectivity index (χ1) is 13.6. The summed E-state index contributed by atoms with van der Waals surface area (Å²) in [6.45, 7) is 4.16. The zero-order valence-electron chi connectivity index (χ0n) is 16.4. The lowest BCUT2D eigenvalue weighted by Gasteiger charge is -2.23. The first kappa shape index (κ1) is 18.5. The number of nitrogens with zero attached hydrogens (tertiary/aromatic N) is 1. The summed E-state index contributed by atoms with van der Waals surface area (Å²) in [5.41, 5.74) is 4.13. The number of esters is 1. The van der Waals surface area contributed by atoms with Gasteiger partial charge in [0.2, 0.25) is 5.91 Å². The Balaban J connectivity index is 1.59. The monoisotopic (exact) mass is 375 g/mol. The van der Waals surface area contributed by atoms with Gasteiger partial charge >= 0.3 is 5.97 Å². The lowest BCUT2D eigenvalue weighted by atomic mass is 9.86. The Bertz CT molecular complexity index is 1020. The van der Waals surface area contributed by atoms with Gasteiger partial charge in [-0.25, -0.2) is 0 Å². The van der Waals surface area contributed by atoms with Crippen LogP contribution in [0.25, 0.3) is 10.9 Å². The highest BCUT2D eigenvalue weighted by Crippen LogP contribution is 2.35. The highest BCUT2D eigenvalue weighted by molar-refractivity contribution is 5.97. The molecule has 0 spiro atoms. The summed E-state index contributed by atoms with van der Waals surface area (Å²) in [6, 6.07) is 17.7. The van der Waals surface area contributed by atoms with Gasteiger partial charge in [0, 0.05) is 17.0 Å². The van der Waals surface area contributed by atoms with Crippen LogP contribution in [0.4, 0.5) is 0 Å². The second kappa shape index (κ2) is 7.63. The molecule has 1 aliphatic rings. The summed E-state index contributed by atoms with van der Waals surface area (Å²) in [6.07, 6.45) is 2.05. The third kappa shape index (κ3) is 3.35. The maximum absolute atomic E-state index is 12.8. The number of benzene rings is 2. The van der Waals surface area contributed by atoms with Gasteiger partial charge in [-0.1, -0.05) is 62.4 Å². The van der Waals surface area contributed by atoms with Gasteiger partial charge in [-0.15, -0.1) is 0 Å². The van der Waals surface area contributed by atoms with Crippen molar-refractivity contribution in [2.75, 3.05) is 0 Å². The third-order valence-corrected chi connectivity index (χ3v) is 5.54. The Morgan fingerprint density at radius 3 is 2.54 bits per heavy atom. The van der Waals surface area contributed by atoms with Gasteiger partial charge in [-0.2, -0.15) is 0 Å². The van der Waals surface area contributed by atoms with E-state index in [2.05, 4.69) is 6.07 Å². The summed E-state index contributed by atoms with van der Waals surface area (Å²) < 4.78 is 7.45. The highest BCUT2D eigenvalue weighted by atomic mass is 16.5. The molecule has 0 aliphatic heterocycles. The van der Waals surface area contributed by atoms with E-state index in [9.17, 15) is 9.59 Å². The van der Waals surface area contributed by atoms with Gasteiger partial charge in [-0.05, 0) is 36.5 Å². The molecule has 1 aromatic heterocycles. The van der Waals surface area contributed by atoms with Crippen LogP contribution >= 0.6 is 0 Å². The van der Waals surface area contributed by atoms with Crippen molar-refractivity contribution in [3.63, 3.8) is 0 Å². The first-order valence-corrected chi connectivity index (χ1v) is 9.92. The summed E-state index contributed by atoms with van der Waals surface area (Å²) in [4.78, 5) is 25.5. The summed E-state index contributed by atoms with van der Waals surface area (Å²) >= 11 is 0. The molecule has 0 radical (unpaired) electrons. The van der Waals surface area contributed by atoms with E-state index in [1.807, 2.05) is 66.9 Å². The molecule has 2 aromatic carbocycles. The van der Waals surface area contributed by atoms with Crippen molar-refractivity contribution in [1.82, 2.24) is 4.57 Å². The SMILES string of the molecule is CC(C)C(=O)n1c2c(c3ccccc31)CC(C(=O)OCc1ccccc1)CC2. The fraction of sp³-hybridized carbons (Fsp3) is 0.333. The highest BCUT2D eigenvalue weighted by Gasteiger charge is 2.32. The zero-order chi connectivity index (χ0) is 19.7. The van der Waals surface area contributed by atoms with Crippen molar-refractivity contribution in [1.29, 1.82) is 0 Å². The molecule has 28 heavy (non-hydrogen) atoms. The van der Waals surface area contributed by atoms with E-state index < -0.39 is 0 Å². The Kier molecular flexibility index (Phi) is 5.03. The van der Waals surface area contributed by atoms with E-state index in [0.29, 0.717) is 25.9 Å². The third-order valence-electron chi connectivity index (χ3n) is 5.54. The lowest BCUT2D eigenvalue weighted by molar-refractivity contribution is -0.150. The maximum Gasteiger partial charge on any atom is 0.309 e. The fourth-order valence-corrected chi connectivity index (χ4v) is 4.07. The summed E-state index contributed by atoms with van der Waals surface area (Å²) in [7, 11) is 0. The van der Waals surface area contributed by atoms with Crippen LogP contribution in [0.15, 0.2) is 54.6 Å². The van der Waals surface area contributed by atoms with E-state index in [4.69, 9.17) is 4.74 Å². The lowest BCUT2D eigenvalue weighted by Crippen LogP contribution is -2.27. The maximum atomic E-state index is 12.8. The molecular weight excluding hydrogens is 350 g/mol. The van der Waals surface area contributed by atoms with Crippen LogP contribution in [0.3, 0.4) is 0 Å². The number of para-hydroxylation sites is 1. The number of carbonyl (C=O) groups excluding carboxylic acids is 2. The molecule has 0 saturated carbocycles. The molecular formula is C24H25NO3. The molecule has 4 rings (SSSR count). The van der Waals surface area contributed by atoms with Gasteiger partial charge in [0.25, 0.3) is 0 Å². The van der Waals surface area contributed by atoms with E-state index in [1.165, 1.54) is 0 Å². The van der Waals surface area contributed by atoms with Crippen LogP contribution in [0.2, 0.25) is 0 Å². The largest absolute Gasteiger partial charge is 0.461 e. The number of carbonyl (C=O) groups is 2. The number of aromatic nitrogens is 1. The van der Waals surface area contributed by atoms with Crippen LogP contribution < -0.4 is 0 Å². The molecule has 0 bridgehead atoms. The number of hydrogen-bond acceptors (Lipinski definition) is 3. The molecule has 1 atom stereocenters. The van der Waals surface area contributed by atoms with Crippen molar-refractivity contribution in [3.05, 3.63) is 71.4 Å². The summed E-state index contributed by atoms with van der Waals surface area (Å²) in [5.74, 6) is -0.276.